The van der Waals surface area contributed by atoms with E-state index >= 15 is 0 Å². The van der Waals surface area contributed by atoms with Crippen LogP contribution >= 0.6 is 15.9 Å². The maximum absolute atomic E-state index is 6.22. The number of hydrogen-bond acceptors (Lipinski definition) is 3. The minimum Gasteiger partial charge on any atom is -0.495 e. The van der Waals surface area contributed by atoms with Crippen LogP contribution in [0.2, 0.25) is 0 Å². The van der Waals surface area contributed by atoms with E-state index in [-0.39, 0.29) is 5.54 Å². The third-order valence-electron chi connectivity index (χ3n) is 2.88. The third-order valence-corrected chi connectivity index (χ3v) is 3.50. The molecular formula is C12H16BrNO2. The summed E-state index contributed by atoms with van der Waals surface area (Å²) in [5, 5.41) is 0. The summed E-state index contributed by atoms with van der Waals surface area (Å²) in [6.07, 6.45) is 2.04. The number of hydrogen-bond donors (Lipinski definition) is 1. The SMILES string of the molecule is CCOc1cc(OC)c(Br)cc1C1(N)CC1. The Morgan fingerprint density at radius 2 is 2.06 bits per heavy atom. The lowest BCUT2D eigenvalue weighted by molar-refractivity contribution is 0.329. The Hall–Kier alpha value is -0.740. The summed E-state index contributed by atoms with van der Waals surface area (Å²) < 4.78 is 11.8. The van der Waals surface area contributed by atoms with Gasteiger partial charge in [0.25, 0.3) is 0 Å². The van der Waals surface area contributed by atoms with E-state index in [9.17, 15) is 0 Å². The fourth-order valence-electron chi connectivity index (χ4n) is 1.76. The van der Waals surface area contributed by atoms with Gasteiger partial charge in [0.05, 0.1) is 18.2 Å². The summed E-state index contributed by atoms with van der Waals surface area (Å²) in [6.45, 7) is 2.60. The molecule has 2 rings (SSSR count). The van der Waals surface area contributed by atoms with Crippen LogP contribution in [-0.4, -0.2) is 13.7 Å². The van der Waals surface area contributed by atoms with Crippen molar-refractivity contribution in [3.63, 3.8) is 0 Å². The number of rotatable bonds is 4. The van der Waals surface area contributed by atoms with Crippen LogP contribution in [0.15, 0.2) is 16.6 Å². The minimum absolute atomic E-state index is 0.195. The van der Waals surface area contributed by atoms with Crippen LogP contribution < -0.4 is 15.2 Å². The van der Waals surface area contributed by atoms with Crippen molar-refractivity contribution in [2.75, 3.05) is 13.7 Å². The first-order valence-electron chi connectivity index (χ1n) is 5.40. The van der Waals surface area contributed by atoms with Gasteiger partial charge >= 0.3 is 0 Å². The summed E-state index contributed by atoms with van der Waals surface area (Å²) in [5.41, 5.74) is 7.09. The van der Waals surface area contributed by atoms with Crippen LogP contribution in [0.25, 0.3) is 0 Å². The molecule has 16 heavy (non-hydrogen) atoms. The van der Waals surface area contributed by atoms with Crippen molar-refractivity contribution in [3.8, 4) is 11.5 Å². The lowest BCUT2D eigenvalue weighted by atomic mass is 10.0. The quantitative estimate of drug-likeness (QED) is 0.925. The van der Waals surface area contributed by atoms with E-state index < -0.39 is 0 Å². The number of methoxy groups -OCH3 is 1. The second-order valence-electron chi connectivity index (χ2n) is 4.07. The molecule has 0 radical (unpaired) electrons. The Balaban J connectivity index is 2.45. The zero-order chi connectivity index (χ0) is 11.8. The van der Waals surface area contributed by atoms with Crippen molar-refractivity contribution in [1.29, 1.82) is 0 Å². The normalized spacial score (nSPS) is 17.0. The van der Waals surface area contributed by atoms with Gasteiger partial charge in [0.1, 0.15) is 11.5 Å². The number of nitrogens with two attached hydrogens (primary N) is 1. The zero-order valence-corrected chi connectivity index (χ0v) is 11.1. The molecular weight excluding hydrogens is 270 g/mol. The fraction of sp³-hybridized carbons (Fsp3) is 0.500. The number of ether oxygens (including phenoxy) is 2. The van der Waals surface area contributed by atoms with Crippen molar-refractivity contribution >= 4 is 15.9 Å². The van der Waals surface area contributed by atoms with Gasteiger partial charge in [-0.05, 0) is 41.8 Å². The highest BCUT2D eigenvalue weighted by molar-refractivity contribution is 9.10. The van der Waals surface area contributed by atoms with Gasteiger partial charge < -0.3 is 15.2 Å². The molecule has 0 saturated heterocycles. The van der Waals surface area contributed by atoms with Crippen LogP contribution in [-0.2, 0) is 5.54 Å². The number of halogens is 1. The zero-order valence-electron chi connectivity index (χ0n) is 9.55. The Morgan fingerprint density at radius 1 is 1.38 bits per heavy atom. The molecule has 3 nitrogen and oxygen atoms in total. The number of benzene rings is 1. The molecule has 88 valence electrons. The second-order valence-corrected chi connectivity index (χ2v) is 4.93. The topological polar surface area (TPSA) is 44.5 Å². The molecule has 1 aliphatic rings. The van der Waals surface area contributed by atoms with E-state index in [1.54, 1.807) is 7.11 Å². The average molecular weight is 286 g/mol. The molecule has 1 aromatic carbocycles. The summed E-state index contributed by atoms with van der Waals surface area (Å²) >= 11 is 3.48. The first-order chi connectivity index (χ1) is 7.60. The first kappa shape index (κ1) is 11.7. The molecule has 1 aliphatic carbocycles. The van der Waals surface area contributed by atoms with Crippen molar-refractivity contribution in [1.82, 2.24) is 0 Å². The van der Waals surface area contributed by atoms with Crippen molar-refractivity contribution in [3.05, 3.63) is 22.2 Å². The van der Waals surface area contributed by atoms with Gasteiger partial charge in [0.15, 0.2) is 0 Å². The Labute approximate surface area is 104 Å². The molecule has 0 spiro atoms. The lowest BCUT2D eigenvalue weighted by Crippen LogP contribution is -2.20. The maximum atomic E-state index is 6.22. The van der Waals surface area contributed by atoms with Crippen molar-refractivity contribution in [2.45, 2.75) is 25.3 Å². The Kier molecular flexibility index (Phi) is 3.13. The molecule has 0 aromatic heterocycles. The molecule has 0 bridgehead atoms. The van der Waals surface area contributed by atoms with E-state index in [1.807, 2.05) is 19.1 Å². The molecule has 4 heteroatoms. The van der Waals surface area contributed by atoms with Gasteiger partial charge in [0, 0.05) is 17.2 Å². The van der Waals surface area contributed by atoms with E-state index in [1.165, 1.54) is 0 Å². The highest BCUT2D eigenvalue weighted by Gasteiger charge is 2.42. The predicted octanol–water partition coefficient (Wildman–Crippen LogP) is 2.80. The van der Waals surface area contributed by atoms with E-state index in [4.69, 9.17) is 15.2 Å². The minimum atomic E-state index is -0.195. The third kappa shape index (κ3) is 2.04. The molecule has 1 fully saturated rings. The monoisotopic (exact) mass is 285 g/mol. The summed E-state index contributed by atoms with van der Waals surface area (Å²) in [7, 11) is 1.64. The largest absolute Gasteiger partial charge is 0.495 e. The Morgan fingerprint density at radius 3 is 2.56 bits per heavy atom. The van der Waals surface area contributed by atoms with Crippen molar-refractivity contribution < 1.29 is 9.47 Å². The Bertz CT molecular complexity index is 402. The summed E-state index contributed by atoms with van der Waals surface area (Å²) in [4.78, 5) is 0. The van der Waals surface area contributed by atoms with E-state index in [0.717, 1.165) is 34.4 Å². The van der Waals surface area contributed by atoms with E-state index in [2.05, 4.69) is 15.9 Å². The molecule has 2 N–H and O–H groups in total. The average Bonchev–Trinajstić information content (AvgIpc) is 3.00. The van der Waals surface area contributed by atoms with Gasteiger partial charge in [-0.2, -0.15) is 0 Å². The van der Waals surface area contributed by atoms with Crippen LogP contribution in [0, 0.1) is 0 Å². The highest BCUT2D eigenvalue weighted by Crippen LogP contribution is 2.48. The summed E-state index contributed by atoms with van der Waals surface area (Å²) in [5.74, 6) is 1.61. The fourth-order valence-corrected chi connectivity index (χ4v) is 2.26. The summed E-state index contributed by atoms with van der Waals surface area (Å²) in [6, 6.07) is 3.91. The molecule has 1 aromatic rings. The van der Waals surface area contributed by atoms with E-state index in [0.29, 0.717) is 6.61 Å². The molecule has 0 aliphatic heterocycles. The lowest BCUT2D eigenvalue weighted by Gasteiger charge is -2.17. The molecule has 1 saturated carbocycles. The van der Waals surface area contributed by atoms with Gasteiger partial charge in [-0.1, -0.05) is 0 Å². The smallest absolute Gasteiger partial charge is 0.136 e. The van der Waals surface area contributed by atoms with Gasteiger partial charge in [-0.3, -0.25) is 0 Å². The second kappa shape index (κ2) is 4.26. The van der Waals surface area contributed by atoms with Crippen LogP contribution in [0.3, 0.4) is 0 Å². The van der Waals surface area contributed by atoms with Crippen LogP contribution in [0.1, 0.15) is 25.3 Å². The predicted molar refractivity (Wildman–Crippen MR) is 67.0 cm³/mol. The van der Waals surface area contributed by atoms with Gasteiger partial charge in [-0.15, -0.1) is 0 Å². The first-order valence-corrected chi connectivity index (χ1v) is 6.19. The van der Waals surface area contributed by atoms with Gasteiger partial charge in [0.2, 0.25) is 0 Å². The molecule has 0 amide bonds. The van der Waals surface area contributed by atoms with Crippen LogP contribution in [0.5, 0.6) is 11.5 Å². The van der Waals surface area contributed by atoms with Crippen LogP contribution in [0.4, 0.5) is 0 Å². The highest BCUT2D eigenvalue weighted by atomic mass is 79.9. The van der Waals surface area contributed by atoms with Crippen molar-refractivity contribution in [2.24, 2.45) is 5.73 Å². The van der Waals surface area contributed by atoms with Gasteiger partial charge in [-0.25, -0.2) is 0 Å². The maximum Gasteiger partial charge on any atom is 0.136 e. The standard InChI is InChI=1S/C12H16BrNO2/c1-3-16-10-7-11(15-2)9(13)6-8(10)12(14)4-5-12/h6-7H,3-5,14H2,1-2H3. The molecule has 0 atom stereocenters. The molecule has 0 unspecified atom stereocenters. The molecule has 0 heterocycles.